The first kappa shape index (κ1) is 10.4. The minimum absolute atomic E-state index is 0.425. The average Bonchev–Trinajstić information content (AvgIpc) is 2.30. The van der Waals surface area contributed by atoms with Crippen LogP contribution in [-0.2, 0) is 4.74 Å². The Morgan fingerprint density at radius 3 is 2.80 bits per heavy atom. The van der Waals surface area contributed by atoms with Gasteiger partial charge in [0.15, 0.2) is 6.29 Å². The fourth-order valence-electron chi connectivity index (χ4n) is 1.48. The van der Waals surface area contributed by atoms with Crippen LogP contribution in [-0.4, -0.2) is 37.6 Å². The van der Waals surface area contributed by atoms with Crippen LogP contribution in [0.25, 0.3) is 0 Å². The average molecular weight is 227 g/mol. The van der Waals surface area contributed by atoms with Crippen LogP contribution in [0.1, 0.15) is 10.4 Å². The number of carbonyl (C=O) groups excluding carboxylic acids is 1. The van der Waals surface area contributed by atoms with E-state index in [1.807, 2.05) is 0 Å². The maximum absolute atomic E-state index is 10.6. The number of nitrogens with zero attached hydrogens (tertiary/aromatic N) is 2. The number of morpholine rings is 1. The Balaban J connectivity index is 2.21. The minimum atomic E-state index is 0.425. The summed E-state index contributed by atoms with van der Waals surface area (Å²) in [5.41, 5.74) is 0.425. The van der Waals surface area contributed by atoms with Crippen molar-refractivity contribution in [2.75, 3.05) is 31.2 Å². The molecule has 2 rings (SSSR count). The van der Waals surface area contributed by atoms with Gasteiger partial charge < -0.3 is 9.64 Å². The third kappa shape index (κ3) is 2.27. The Labute approximate surface area is 92.8 Å². The topological polar surface area (TPSA) is 42.4 Å². The molecule has 15 heavy (non-hydrogen) atoms. The van der Waals surface area contributed by atoms with E-state index in [4.69, 9.17) is 16.3 Å². The molecule has 80 valence electrons. The van der Waals surface area contributed by atoms with Crippen molar-refractivity contribution in [1.82, 2.24) is 4.98 Å². The number of carbonyl (C=O) groups is 1. The van der Waals surface area contributed by atoms with E-state index in [9.17, 15) is 4.79 Å². The van der Waals surface area contributed by atoms with Gasteiger partial charge in [0.25, 0.3) is 0 Å². The van der Waals surface area contributed by atoms with Gasteiger partial charge in [-0.2, -0.15) is 0 Å². The Bertz CT molecular complexity index is 364. The quantitative estimate of drug-likeness (QED) is 0.715. The number of rotatable bonds is 2. The number of aromatic nitrogens is 1. The van der Waals surface area contributed by atoms with Gasteiger partial charge in [-0.05, 0) is 0 Å². The summed E-state index contributed by atoms with van der Waals surface area (Å²) in [6, 6.07) is 1.72. The smallest absolute Gasteiger partial charge is 0.153 e. The molecule has 0 aromatic carbocycles. The lowest BCUT2D eigenvalue weighted by Crippen LogP contribution is -2.36. The second kappa shape index (κ2) is 4.59. The molecule has 0 aliphatic carbocycles. The normalized spacial score (nSPS) is 16.5. The number of aldehydes is 1. The van der Waals surface area contributed by atoms with Crippen LogP contribution in [0.2, 0.25) is 5.02 Å². The van der Waals surface area contributed by atoms with E-state index in [0.717, 1.165) is 18.9 Å². The van der Waals surface area contributed by atoms with Crippen LogP contribution < -0.4 is 4.90 Å². The zero-order valence-corrected chi connectivity index (χ0v) is 8.91. The van der Waals surface area contributed by atoms with E-state index < -0.39 is 0 Å². The molecule has 1 fully saturated rings. The van der Waals surface area contributed by atoms with E-state index in [0.29, 0.717) is 30.1 Å². The van der Waals surface area contributed by atoms with E-state index in [-0.39, 0.29) is 0 Å². The van der Waals surface area contributed by atoms with Crippen molar-refractivity contribution in [2.45, 2.75) is 0 Å². The number of anilines is 1. The number of ether oxygens (including phenoxy) is 1. The third-order valence-electron chi connectivity index (χ3n) is 2.33. The van der Waals surface area contributed by atoms with Gasteiger partial charge in [0.05, 0.1) is 23.8 Å². The summed E-state index contributed by atoms with van der Waals surface area (Å²) in [5.74, 6) is 0.800. The molecule has 1 aromatic heterocycles. The number of hydrogen-bond acceptors (Lipinski definition) is 4. The van der Waals surface area contributed by atoms with Gasteiger partial charge in [0.1, 0.15) is 5.82 Å². The van der Waals surface area contributed by atoms with Gasteiger partial charge in [-0.3, -0.25) is 4.79 Å². The Morgan fingerprint density at radius 2 is 2.20 bits per heavy atom. The molecule has 1 aliphatic heterocycles. The van der Waals surface area contributed by atoms with Crippen LogP contribution in [0.15, 0.2) is 12.3 Å². The summed E-state index contributed by atoms with van der Waals surface area (Å²) < 4.78 is 5.24. The SMILES string of the molecule is O=Cc1cnc(N2CCOCC2)cc1Cl. The second-order valence-electron chi connectivity index (χ2n) is 3.28. The molecule has 1 saturated heterocycles. The zero-order chi connectivity index (χ0) is 10.7. The molecule has 1 aromatic rings. The molecule has 0 radical (unpaired) electrons. The molecular weight excluding hydrogens is 216 g/mol. The lowest BCUT2D eigenvalue weighted by atomic mass is 10.3. The summed E-state index contributed by atoms with van der Waals surface area (Å²) >= 11 is 5.92. The van der Waals surface area contributed by atoms with Crippen LogP contribution in [0.5, 0.6) is 0 Å². The number of pyridine rings is 1. The monoisotopic (exact) mass is 226 g/mol. The summed E-state index contributed by atoms with van der Waals surface area (Å²) in [7, 11) is 0. The van der Waals surface area contributed by atoms with E-state index >= 15 is 0 Å². The number of halogens is 1. The molecule has 0 bridgehead atoms. The van der Waals surface area contributed by atoms with Gasteiger partial charge >= 0.3 is 0 Å². The highest BCUT2D eigenvalue weighted by Gasteiger charge is 2.13. The number of hydrogen-bond donors (Lipinski definition) is 0. The van der Waals surface area contributed by atoms with Crippen molar-refractivity contribution >= 4 is 23.7 Å². The molecule has 0 amide bonds. The van der Waals surface area contributed by atoms with Crippen LogP contribution in [0.3, 0.4) is 0 Å². The second-order valence-corrected chi connectivity index (χ2v) is 3.69. The highest BCUT2D eigenvalue weighted by atomic mass is 35.5. The molecule has 5 heteroatoms. The van der Waals surface area contributed by atoms with Gasteiger partial charge in [-0.1, -0.05) is 11.6 Å². The lowest BCUT2D eigenvalue weighted by molar-refractivity contribution is 0.112. The molecule has 1 aliphatic rings. The predicted molar refractivity (Wildman–Crippen MR) is 57.7 cm³/mol. The van der Waals surface area contributed by atoms with E-state index in [1.165, 1.54) is 6.20 Å². The lowest BCUT2D eigenvalue weighted by Gasteiger charge is -2.27. The largest absolute Gasteiger partial charge is 0.378 e. The van der Waals surface area contributed by atoms with Crippen molar-refractivity contribution in [3.8, 4) is 0 Å². The minimum Gasteiger partial charge on any atom is -0.378 e. The summed E-state index contributed by atoms with van der Waals surface area (Å²) in [6.45, 7) is 3.02. The van der Waals surface area contributed by atoms with Crippen LogP contribution in [0, 0.1) is 0 Å². The van der Waals surface area contributed by atoms with Crippen molar-refractivity contribution in [3.05, 3.63) is 22.8 Å². The third-order valence-corrected chi connectivity index (χ3v) is 2.66. The first-order valence-electron chi connectivity index (χ1n) is 4.74. The molecule has 0 spiro atoms. The summed E-state index contributed by atoms with van der Waals surface area (Å²) in [4.78, 5) is 16.8. The van der Waals surface area contributed by atoms with Gasteiger partial charge in [0, 0.05) is 25.4 Å². The molecular formula is C10H11ClN2O2. The van der Waals surface area contributed by atoms with Crippen LogP contribution in [0.4, 0.5) is 5.82 Å². The highest BCUT2D eigenvalue weighted by Crippen LogP contribution is 2.20. The fourth-order valence-corrected chi connectivity index (χ4v) is 1.67. The van der Waals surface area contributed by atoms with Gasteiger partial charge in [-0.25, -0.2) is 4.98 Å². The van der Waals surface area contributed by atoms with Crippen molar-refractivity contribution in [1.29, 1.82) is 0 Å². The van der Waals surface area contributed by atoms with E-state index in [2.05, 4.69) is 9.88 Å². The summed E-state index contributed by atoms with van der Waals surface area (Å²) in [6.07, 6.45) is 2.21. The Morgan fingerprint density at radius 1 is 1.47 bits per heavy atom. The van der Waals surface area contributed by atoms with Crippen molar-refractivity contribution < 1.29 is 9.53 Å². The molecule has 0 atom stereocenters. The fraction of sp³-hybridized carbons (Fsp3) is 0.400. The maximum atomic E-state index is 10.6. The van der Waals surface area contributed by atoms with Crippen LogP contribution >= 0.6 is 11.6 Å². The first-order valence-corrected chi connectivity index (χ1v) is 5.12. The highest BCUT2D eigenvalue weighted by molar-refractivity contribution is 6.33. The van der Waals surface area contributed by atoms with E-state index in [1.54, 1.807) is 6.07 Å². The summed E-state index contributed by atoms with van der Waals surface area (Å²) in [5, 5.41) is 0.446. The van der Waals surface area contributed by atoms with Crippen molar-refractivity contribution in [2.24, 2.45) is 0 Å². The Hall–Kier alpha value is -1.13. The predicted octanol–water partition coefficient (Wildman–Crippen LogP) is 1.38. The molecule has 0 N–H and O–H groups in total. The van der Waals surface area contributed by atoms with Gasteiger partial charge in [0.2, 0.25) is 0 Å². The zero-order valence-electron chi connectivity index (χ0n) is 8.15. The first-order chi connectivity index (χ1) is 7.31. The molecule has 0 unspecified atom stereocenters. The Kier molecular flexibility index (Phi) is 3.18. The van der Waals surface area contributed by atoms with Crippen molar-refractivity contribution in [3.63, 3.8) is 0 Å². The molecule has 0 saturated carbocycles. The maximum Gasteiger partial charge on any atom is 0.153 e. The molecule has 4 nitrogen and oxygen atoms in total. The molecule has 2 heterocycles. The standard InChI is InChI=1S/C10H11ClN2O2/c11-9-5-10(12-6-8(9)7-14)13-1-3-15-4-2-13/h5-7H,1-4H2. The van der Waals surface area contributed by atoms with Gasteiger partial charge in [-0.15, -0.1) is 0 Å².